The summed E-state index contributed by atoms with van der Waals surface area (Å²) in [5.41, 5.74) is 2.67. The van der Waals surface area contributed by atoms with Crippen LogP contribution < -0.4 is 5.32 Å². The van der Waals surface area contributed by atoms with E-state index in [0.717, 1.165) is 23.5 Å². The van der Waals surface area contributed by atoms with Gasteiger partial charge >= 0.3 is 0 Å². The van der Waals surface area contributed by atoms with Crippen LogP contribution in [-0.4, -0.2) is 32.3 Å². The monoisotopic (exact) mass is 377 g/mol. The highest BCUT2D eigenvalue weighted by molar-refractivity contribution is 5.92. The van der Waals surface area contributed by atoms with Crippen molar-refractivity contribution in [1.82, 2.24) is 19.7 Å². The molecule has 1 aliphatic heterocycles. The molecule has 144 valence electrons. The first kappa shape index (κ1) is 18.3. The number of hydrogen-bond donors (Lipinski definition) is 1. The summed E-state index contributed by atoms with van der Waals surface area (Å²) in [6.07, 6.45) is 6.16. The van der Waals surface area contributed by atoms with Crippen molar-refractivity contribution in [3.8, 4) is 0 Å². The highest BCUT2D eigenvalue weighted by Gasteiger charge is 2.37. The molecule has 1 aromatic carbocycles. The first-order valence-electron chi connectivity index (χ1n) is 9.53. The highest BCUT2D eigenvalue weighted by atomic mass is 16.5. The van der Waals surface area contributed by atoms with Crippen molar-refractivity contribution in [3.63, 3.8) is 0 Å². The van der Waals surface area contributed by atoms with Gasteiger partial charge in [-0.15, -0.1) is 0 Å². The largest absolute Gasteiger partial charge is 0.371 e. The fraction of sp³-hybridized carbons (Fsp3) is 0.333. The van der Waals surface area contributed by atoms with Crippen molar-refractivity contribution in [2.24, 2.45) is 5.92 Å². The van der Waals surface area contributed by atoms with Gasteiger partial charge in [0.15, 0.2) is 0 Å². The van der Waals surface area contributed by atoms with Gasteiger partial charge in [0.1, 0.15) is 11.9 Å². The van der Waals surface area contributed by atoms with Crippen LogP contribution in [-0.2, 0) is 22.5 Å². The average molecular weight is 377 g/mol. The van der Waals surface area contributed by atoms with E-state index in [1.54, 1.807) is 18.6 Å². The number of nitrogens with one attached hydrogen (secondary N) is 1. The molecule has 0 bridgehead atoms. The SMILES string of the molecule is CCc1ncc(NC(=O)[C@H]2CCO[C@@H]2c2ccnn2Cc2ccccc2)cn1. The van der Waals surface area contributed by atoms with Crippen LogP contribution in [0.1, 0.15) is 36.5 Å². The lowest BCUT2D eigenvalue weighted by Gasteiger charge is -2.19. The molecule has 1 N–H and O–H groups in total. The van der Waals surface area contributed by atoms with Crippen LogP contribution in [0.25, 0.3) is 0 Å². The molecule has 0 aliphatic carbocycles. The summed E-state index contributed by atoms with van der Waals surface area (Å²) < 4.78 is 7.84. The van der Waals surface area contributed by atoms with Gasteiger partial charge in [-0.3, -0.25) is 9.48 Å². The average Bonchev–Trinajstić information content (AvgIpc) is 3.38. The molecule has 2 aromatic heterocycles. The summed E-state index contributed by atoms with van der Waals surface area (Å²) in [5.74, 6) is 0.393. The number of hydrogen-bond acceptors (Lipinski definition) is 5. The second kappa shape index (κ2) is 8.31. The number of aromatic nitrogens is 4. The second-order valence-electron chi connectivity index (χ2n) is 6.82. The first-order chi connectivity index (χ1) is 13.7. The molecule has 7 nitrogen and oxygen atoms in total. The van der Waals surface area contributed by atoms with Crippen molar-refractivity contribution in [3.05, 3.63) is 72.1 Å². The number of benzene rings is 1. The Balaban J connectivity index is 1.49. The van der Waals surface area contributed by atoms with Crippen LogP contribution in [0.5, 0.6) is 0 Å². The Morgan fingerprint density at radius 3 is 2.75 bits per heavy atom. The summed E-state index contributed by atoms with van der Waals surface area (Å²) in [6.45, 7) is 3.18. The summed E-state index contributed by atoms with van der Waals surface area (Å²) in [6, 6.07) is 12.1. The van der Waals surface area contributed by atoms with Gasteiger partial charge in [0.2, 0.25) is 5.91 Å². The smallest absolute Gasteiger partial charge is 0.230 e. The molecule has 1 fully saturated rings. The van der Waals surface area contributed by atoms with Crippen LogP contribution >= 0.6 is 0 Å². The lowest BCUT2D eigenvalue weighted by Crippen LogP contribution is -2.27. The second-order valence-corrected chi connectivity index (χ2v) is 6.82. The Bertz CT molecular complexity index is 923. The maximum atomic E-state index is 12.9. The standard InChI is InChI=1S/C21H23N5O2/c1-2-19-22-12-16(13-23-19)25-21(27)17-9-11-28-20(17)18-8-10-24-26(18)14-15-6-4-3-5-7-15/h3-8,10,12-13,17,20H,2,9,11,14H2,1H3,(H,25,27)/t17-,20-/m0/s1. The highest BCUT2D eigenvalue weighted by Crippen LogP contribution is 2.35. The van der Waals surface area contributed by atoms with Gasteiger partial charge in [0, 0.05) is 19.2 Å². The van der Waals surface area contributed by atoms with E-state index in [-0.39, 0.29) is 17.9 Å². The Morgan fingerprint density at radius 1 is 1.21 bits per heavy atom. The van der Waals surface area contributed by atoms with E-state index in [9.17, 15) is 4.79 Å². The van der Waals surface area contributed by atoms with Gasteiger partial charge in [-0.1, -0.05) is 37.3 Å². The molecule has 3 aromatic rings. The molecule has 2 atom stereocenters. The van der Waals surface area contributed by atoms with Gasteiger partial charge in [0.25, 0.3) is 0 Å². The van der Waals surface area contributed by atoms with E-state index in [4.69, 9.17) is 4.74 Å². The molecule has 1 saturated heterocycles. The van der Waals surface area contributed by atoms with Gasteiger partial charge in [-0.05, 0) is 18.1 Å². The number of nitrogens with zero attached hydrogens (tertiary/aromatic N) is 4. The Hall–Kier alpha value is -3.06. The van der Waals surface area contributed by atoms with Crippen LogP contribution in [0.3, 0.4) is 0 Å². The Kier molecular flexibility index (Phi) is 5.43. The fourth-order valence-electron chi connectivity index (χ4n) is 3.46. The van der Waals surface area contributed by atoms with E-state index in [2.05, 4.69) is 32.5 Å². The molecule has 1 amide bonds. The topological polar surface area (TPSA) is 81.9 Å². The minimum atomic E-state index is -0.318. The quantitative estimate of drug-likeness (QED) is 0.714. The third-order valence-corrected chi connectivity index (χ3v) is 4.93. The Labute approximate surface area is 163 Å². The molecular weight excluding hydrogens is 354 g/mol. The third-order valence-electron chi connectivity index (χ3n) is 4.93. The fourth-order valence-corrected chi connectivity index (χ4v) is 3.46. The van der Waals surface area contributed by atoms with E-state index in [0.29, 0.717) is 25.3 Å². The molecule has 3 heterocycles. The third kappa shape index (κ3) is 3.94. The number of rotatable bonds is 6. The van der Waals surface area contributed by atoms with E-state index in [1.165, 1.54) is 0 Å². The predicted octanol–water partition coefficient (Wildman–Crippen LogP) is 3.00. The zero-order valence-electron chi connectivity index (χ0n) is 15.8. The number of anilines is 1. The predicted molar refractivity (Wildman–Crippen MR) is 105 cm³/mol. The van der Waals surface area contributed by atoms with E-state index >= 15 is 0 Å². The lowest BCUT2D eigenvalue weighted by atomic mass is 9.97. The van der Waals surface area contributed by atoms with Crippen molar-refractivity contribution in [2.75, 3.05) is 11.9 Å². The van der Waals surface area contributed by atoms with Gasteiger partial charge in [0.05, 0.1) is 36.2 Å². The Morgan fingerprint density at radius 2 is 2.00 bits per heavy atom. The molecule has 0 unspecified atom stereocenters. The number of aryl methyl sites for hydroxylation is 1. The van der Waals surface area contributed by atoms with Gasteiger partial charge in [-0.2, -0.15) is 5.10 Å². The molecule has 4 rings (SSSR count). The number of ether oxygens (including phenoxy) is 1. The molecule has 0 saturated carbocycles. The zero-order chi connectivity index (χ0) is 19.3. The van der Waals surface area contributed by atoms with Crippen molar-refractivity contribution in [2.45, 2.75) is 32.4 Å². The molecular formula is C21H23N5O2. The maximum Gasteiger partial charge on any atom is 0.230 e. The molecule has 28 heavy (non-hydrogen) atoms. The van der Waals surface area contributed by atoms with Crippen molar-refractivity contribution >= 4 is 11.6 Å². The summed E-state index contributed by atoms with van der Waals surface area (Å²) >= 11 is 0. The van der Waals surface area contributed by atoms with Crippen LogP contribution in [0.15, 0.2) is 55.0 Å². The first-order valence-corrected chi connectivity index (χ1v) is 9.53. The van der Waals surface area contributed by atoms with E-state index < -0.39 is 0 Å². The van der Waals surface area contributed by atoms with Gasteiger partial charge in [-0.25, -0.2) is 9.97 Å². The van der Waals surface area contributed by atoms with Crippen LogP contribution in [0.2, 0.25) is 0 Å². The molecule has 1 aliphatic rings. The summed E-state index contributed by atoms with van der Waals surface area (Å²) in [7, 11) is 0. The molecule has 0 spiro atoms. The number of carbonyl (C=O) groups is 1. The van der Waals surface area contributed by atoms with Crippen molar-refractivity contribution < 1.29 is 9.53 Å². The molecule has 7 heteroatoms. The lowest BCUT2D eigenvalue weighted by molar-refractivity contribution is -0.121. The minimum absolute atomic E-state index is 0.0807. The van der Waals surface area contributed by atoms with Crippen LogP contribution in [0, 0.1) is 5.92 Å². The molecule has 0 radical (unpaired) electrons. The van der Waals surface area contributed by atoms with Crippen LogP contribution in [0.4, 0.5) is 5.69 Å². The summed E-state index contributed by atoms with van der Waals surface area (Å²) in [4.78, 5) is 21.3. The zero-order valence-corrected chi connectivity index (χ0v) is 15.8. The van der Waals surface area contributed by atoms with Gasteiger partial charge < -0.3 is 10.1 Å². The number of amides is 1. The normalized spacial score (nSPS) is 18.9. The van der Waals surface area contributed by atoms with Crippen molar-refractivity contribution in [1.29, 1.82) is 0 Å². The minimum Gasteiger partial charge on any atom is -0.371 e. The van der Waals surface area contributed by atoms with E-state index in [1.807, 2.05) is 35.9 Å². The summed E-state index contributed by atoms with van der Waals surface area (Å²) in [5, 5.41) is 7.36. The maximum absolute atomic E-state index is 12.9. The number of carbonyl (C=O) groups excluding carboxylic acids is 1.